The molecule has 3 aromatic rings. The van der Waals surface area contributed by atoms with E-state index < -0.39 is 0 Å². The number of anilines is 1. The van der Waals surface area contributed by atoms with E-state index in [9.17, 15) is 9.18 Å². The Morgan fingerprint density at radius 2 is 1.80 bits per heavy atom. The highest BCUT2D eigenvalue weighted by Gasteiger charge is 2.24. The van der Waals surface area contributed by atoms with Gasteiger partial charge in [-0.3, -0.25) is 4.79 Å². The molecular weight excluding hydrogens is 319 g/mol. The van der Waals surface area contributed by atoms with Crippen molar-refractivity contribution in [3.05, 3.63) is 90.1 Å². The summed E-state index contributed by atoms with van der Waals surface area (Å²) in [4.78, 5) is 12.7. The maximum Gasteiger partial charge on any atom is 0.287 e. The van der Waals surface area contributed by atoms with Gasteiger partial charge in [0.05, 0.1) is 19.2 Å². The molecule has 0 bridgehead atoms. The molecule has 0 saturated heterocycles. The van der Waals surface area contributed by atoms with Crippen LogP contribution in [0.1, 0.15) is 17.4 Å². The number of carbonyl (C=O) groups excluding carboxylic acids is 1. The predicted molar refractivity (Wildman–Crippen MR) is 93.4 cm³/mol. The van der Waals surface area contributed by atoms with Gasteiger partial charge < -0.3 is 15.1 Å². The van der Waals surface area contributed by atoms with E-state index in [1.807, 2.05) is 47.8 Å². The molecule has 128 valence electrons. The minimum Gasteiger partial charge on any atom is -0.469 e. The monoisotopic (exact) mass is 339 g/mol. The molecule has 0 aliphatic heterocycles. The highest BCUT2D eigenvalue weighted by atomic mass is 19.1. The molecule has 0 saturated carbocycles. The number of nitrogens with one attached hydrogen (secondary N) is 1. The molecule has 2 aromatic carbocycles. The fourth-order valence-corrected chi connectivity index (χ4v) is 2.66. The summed E-state index contributed by atoms with van der Waals surface area (Å²) >= 11 is 0. The van der Waals surface area contributed by atoms with E-state index in [1.54, 1.807) is 18.4 Å². The van der Waals surface area contributed by atoms with Crippen molar-refractivity contribution in [1.29, 1.82) is 0 Å². The lowest BCUT2D eigenvalue weighted by Gasteiger charge is -2.16. The summed E-state index contributed by atoms with van der Waals surface area (Å²) in [6.07, 6.45) is 2.38. The van der Waals surface area contributed by atoms with Crippen molar-refractivity contribution >= 4 is 11.6 Å². The third-order valence-electron chi connectivity index (χ3n) is 3.93. The third kappa shape index (κ3) is 4.78. The van der Waals surface area contributed by atoms with Gasteiger partial charge in [0.15, 0.2) is 6.04 Å². The highest BCUT2D eigenvalue weighted by Crippen LogP contribution is 2.14. The molecule has 0 aliphatic carbocycles. The molecule has 5 heteroatoms. The zero-order valence-electron chi connectivity index (χ0n) is 13.7. The zero-order chi connectivity index (χ0) is 17.5. The van der Waals surface area contributed by atoms with E-state index in [0.29, 0.717) is 12.2 Å². The maximum atomic E-state index is 13.0. The number of nitrogens with two attached hydrogens (primary N) is 1. The molecule has 1 heterocycles. The van der Waals surface area contributed by atoms with Crippen LogP contribution < -0.4 is 10.6 Å². The van der Waals surface area contributed by atoms with Gasteiger partial charge in [-0.15, -0.1) is 0 Å². The number of benzene rings is 2. The molecule has 1 amide bonds. The Bertz CT molecular complexity index is 786. The molecule has 0 unspecified atom stereocenters. The second-order valence-corrected chi connectivity index (χ2v) is 5.74. The minimum absolute atomic E-state index is 0.141. The van der Waals surface area contributed by atoms with Crippen molar-refractivity contribution < 1.29 is 18.9 Å². The van der Waals surface area contributed by atoms with Crippen LogP contribution >= 0.6 is 0 Å². The van der Waals surface area contributed by atoms with Crippen molar-refractivity contribution in [2.45, 2.75) is 12.5 Å². The normalized spacial score (nSPS) is 11.9. The number of amides is 1. The number of quaternary nitrogens is 1. The van der Waals surface area contributed by atoms with Gasteiger partial charge in [0.25, 0.3) is 5.91 Å². The fraction of sp³-hybridized carbons (Fsp3) is 0.150. The summed E-state index contributed by atoms with van der Waals surface area (Å²) < 4.78 is 18.4. The molecule has 3 N–H and O–H groups in total. The van der Waals surface area contributed by atoms with Crippen LogP contribution in [0, 0.1) is 5.82 Å². The molecule has 4 nitrogen and oxygen atoms in total. The van der Waals surface area contributed by atoms with Crippen molar-refractivity contribution in [2.75, 3.05) is 11.9 Å². The third-order valence-corrected chi connectivity index (χ3v) is 3.93. The lowest BCUT2D eigenvalue weighted by atomic mass is 10.1. The Labute approximate surface area is 145 Å². The van der Waals surface area contributed by atoms with Gasteiger partial charge in [-0.1, -0.05) is 30.3 Å². The number of carbonyl (C=O) groups is 1. The summed E-state index contributed by atoms with van der Waals surface area (Å²) in [5, 5.41) is 4.83. The average molecular weight is 339 g/mol. The fourth-order valence-electron chi connectivity index (χ4n) is 2.66. The molecule has 25 heavy (non-hydrogen) atoms. The number of hydrogen-bond acceptors (Lipinski definition) is 2. The van der Waals surface area contributed by atoms with E-state index >= 15 is 0 Å². The number of hydrogen-bond donors (Lipinski definition) is 2. The first-order chi connectivity index (χ1) is 12.2. The Morgan fingerprint density at radius 1 is 1.04 bits per heavy atom. The van der Waals surface area contributed by atoms with Crippen LogP contribution in [0.2, 0.25) is 0 Å². The van der Waals surface area contributed by atoms with Gasteiger partial charge in [-0.05, 0) is 36.4 Å². The van der Waals surface area contributed by atoms with E-state index in [1.165, 1.54) is 12.1 Å². The van der Waals surface area contributed by atoms with E-state index in [0.717, 1.165) is 17.7 Å². The number of furan rings is 1. The summed E-state index contributed by atoms with van der Waals surface area (Å²) in [6, 6.07) is 18.7. The maximum absolute atomic E-state index is 13.0. The van der Waals surface area contributed by atoms with Crippen LogP contribution in [0.5, 0.6) is 0 Å². The van der Waals surface area contributed by atoms with Crippen LogP contribution in [0.3, 0.4) is 0 Å². The van der Waals surface area contributed by atoms with Crippen molar-refractivity contribution in [2.24, 2.45) is 0 Å². The van der Waals surface area contributed by atoms with Crippen LogP contribution in [0.4, 0.5) is 10.1 Å². The van der Waals surface area contributed by atoms with Gasteiger partial charge in [-0.25, -0.2) is 4.39 Å². The average Bonchev–Trinajstić information content (AvgIpc) is 3.15. The largest absolute Gasteiger partial charge is 0.469 e. The van der Waals surface area contributed by atoms with Crippen LogP contribution in [0.25, 0.3) is 0 Å². The van der Waals surface area contributed by atoms with E-state index in [2.05, 4.69) is 5.32 Å². The summed E-state index contributed by atoms with van der Waals surface area (Å²) in [7, 11) is 0. The summed E-state index contributed by atoms with van der Waals surface area (Å²) in [5.41, 5.74) is 1.49. The SMILES string of the molecule is O=C(Nc1ccc(F)cc1)[C@@H]([NH2+]CCc1ccco1)c1ccccc1. The quantitative estimate of drug-likeness (QED) is 0.695. The van der Waals surface area contributed by atoms with Gasteiger partial charge in [0, 0.05) is 11.3 Å². The first-order valence-electron chi connectivity index (χ1n) is 8.19. The predicted octanol–water partition coefficient (Wildman–Crippen LogP) is 2.90. The Morgan fingerprint density at radius 3 is 2.48 bits per heavy atom. The molecule has 1 atom stereocenters. The summed E-state index contributed by atoms with van der Waals surface area (Å²) in [6.45, 7) is 0.712. The molecular formula is C20H20FN2O2+. The first-order valence-corrected chi connectivity index (χ1v) is 8.19. The van der Waals surface area contributed by atoms with Gasteiger partial charge in [0.2, 0.25) is 0 Å². The minimum atomic E-state index is -0.388. The van der Waals surface area contributed by atoms with Gasteiger partial charge >= 0.3 is 0 Å². The Balaban J connectivity index is 1.68. The Kier molecular flexibility index (Phi) is 5.59. The summed E-state index contributed by atoms with van der Waals surface area (Å²) in [5.74, 6) is 0.418. The van der Waals surface area contributed by atoms with Crippen LogP contribution in [-0.2, 0) is 11.2 Å². The molecule has 3 rings (SSSR count). The van der Waals surface area contributed by atoms with Gasteiger partial charge in [-0.2, -0.15) is 0 Å². The smallest absolute Gasteiger partial charge is 0.287 e. The van der Waals surface area contributed by atoms with Crippen LogP contribution in [0.15, 0.2) is 77.4 Å². The standard InChI is InChI=1S/C20H19FN2O2/c21-16-8-10-17(11-9-16)23-20(24)19(15-5-2-1-3-6-15)22-13-12-18-7-4-14-25-18/h1-11,14,19,22H,12-13H2,(H,23,24)/p+1/t19-/m0/s1. The molecule has 0 spiro atoms. The molecule has 0 radical (unpaired) electrons. The van der Waals surface area contributed by atoms with E-state index in [-0.39, 0.29) is 17.8 Å². The van der Waals surface area contributed by atoms with Gasteiger partial charge in [0.1, 0.15) is 11.6 Å². The van der Waals surface area contributed by atoms with Crippen molar-refractivity contribution in [3.63, 3.8) is 0 Å². The van der Waals surface area contributed by atoms with Crippen LogP contribution in [-0.4, -0.2) is 12.5 Å². The topological polar surface area (TPSA) is 58.9 Å². The number of halogens is 1. The number of rotatable bonds is 7. The zero-order valence-corrected chi connectivity index (χ0v) is 13.7. The molecule has 1 aromatic heterocycles. The lowest BCUT2D eigenvalue weighted by Crippen LogP contribution is -2.87. The van der Waals surface area contributed by atoms with Crippen molar-refractivity contribution in [3.8, 4) is 0 Å². The lowest BCUT2D eigenvalue weighted by molar-refractivity contribution is -0.682. The highest BCUT2D eigenvalue weighted by molar-refractivity contribution is 5.94. The second-order valence-electron chi connectivity index (χ2n) is 5.74. The molecule has 0 fully saturated rings. The first kappa shape index (κ1) is 16.9. The molecule has 0 aliphatic rings. The Hall–Kier alpha value is -2.92. The van der Waals surface area contributed by atoms with Crippen molar-refractivity contribution in [1.82, 2.24) is 0 Å². The second kappa shape index (κ2) is 8.26. The van der Waals surface area contributed by atoms with E-state index in [4.69, 9.17) is 4.42 Å².